The van der Waals surface area contributed by atoms with E-state index in [-0.39, 0.29) is 17.3 Å². The van der Waals surface area contributed by atoms with E-state index in [4.69, 9.17) is 11.6 Å². The van der Waals surface area contributed by atoms with Crippen molar-refractivity contribution >= 4 is 38.6 Å². The molecule has 0 radical (unpaired) electrons. The maximum absolute atomic E-state index is 12.5. The lowest BCUT2D eigenvalue weighted by Crippen LogP contribution is -2.41. The summed E-state index contributed by atoms with van der Waals surface area (Å²) in [6.07, 6.45) is 4.42. The predicted octanol–water partition coefficient (Wildman–Crippen LogP) is 2.21. The summed E-state index contributed by atoms with van der Waals surface area (Å²) in [5.41, 5.74) is 1.24. The Balaban J connectivity index is 2.13. The van der Waals surface area contributed by atoms with E-state index in [1.54, 1.807) is 23.0 Å². The van der Waals surface area contributed by atoms with E-state index in [1.807, 2.05) is 11.8 Å². The summed E-state index contributed by atoms with van der Waals surface area (Å²) in [6, 6.07) is 1.68. The van der Waals surface area contributed by atoms with Gasteiger partial charge in [-0.3, -0.25) is 9.20 Å². The Bertz CT molecular complexity index is 846. The van der Waals surface area contributed by atoms with Crippen LogP contribution < -0.4 is 4.90 Å². The third kappa shape index (κ3) is 3.07. The van der Waals surface area contributed by atoms with Crippen molar-refractivity contribution in [2.45, 2.75) is 19.8 Å². The normalized spacial score (nSPS) is 17.6. The van der Waals surface area contributed by atoms with Crippen molar-refractivity contribution in [1.82, 2.24) is 9.38 Å². The molecular weight excluding hydrogens is 338 g/mol. The topological polar surface area (TPSA) is 71.8 Å². The van der Waals surface area contributed by atoms with Gasteiger partial charge in [-0.15, -0.1) is 0 Å². The summed E-state index contributed by atoms with van der Waals surface area (Å²) in [7, 11) is -2.99. The first-order valence-corrected chi connectivity index (χ1v) is 9.76. The van der Waals surface area contributed by atoms with Crippen LogP contribution in [0.3, 0.4) is 0 Å². The lowest BCUT2D eigenvalue weighted by molar-refractivity contribution is 0.0982. The van der Waals surface area contributed by atoms with Gasteiger partial charge in [-0.05, 0) is 12.5 Å². The molecule has 0 amide bonds. The third-order valence-electron chi connectivity index (χ3n) is 4.04. The number of anilines is 1. The smallest absolute Gasteiger partial charge is 0.166 e. The van der Waals surface area contributed by atoms with Gasteiger partial charge in [0.25, 0.3) is 0 Å². The van der Waals surface area contributed by atoms with Crippen molar-refractivity contribution in [3.8, 4) is 0 Å². The number of hydrogen-bond acceptors (Lipinski definition) is 5. The van der Waals surface area contributed by atoms with Crippen molar-refractivity contribution in [3.05, 3.63) is 29.2 Å². The highest BCUT2D eigenvalue weighted by Gasteiger charge is 2.27. The maximum atomic E-state index is 12.5. The second-order valence-corrected chi connectivity index (χ2v) is 8.40. The van der Waals surface area contributed by atoms with Crippen LogP contribution in [0.2, 0.25) is 5.02 Å². The van der Waals surface area contributed by atoms with Gasteiger partial charge in [0.15, 0.2) is 15.6 Å². The Morgan fingerprint density at radius 3 is 2.70 bits per heavy atom. The molecule has 0 atom stereocenters. The molecule has 1 aliphatic rings. The number of aromatic nitrogens is 2. The first kappa shape index (κ1) is 16.3. The van der Waals surface area contributed by atoms with Gasteiger partial charge in [0.05, 0.1) is 33.8 Å². The fraction of sp³-hybridized carbons (Fsp3) is 0.467. The van der Waals surface area contributed by atoms with E-state index in [0.717, 1.165) is 6.42 Å². The fourth-order valence-electron chi connectivity index (χ4n) is 2.85. The van der Waals surface area contributed by atoms with Crippen molar-refractivity contribution < 1.29 is 13.2 Å². The zero-order chi connectivity index (χ0) is 16.6. The molecule has 0 aromatic carbocycles. The zero-order valence-corrected chi connectivity index (χ0v) is 14.4. The minimum Gasteiger partial charge on any atom is -0.355 e. The summed E-state index contributed by atoms with van der Waals surface area (Å²) in [6.45, 7) is 2.68. The molecule has 2 aromatic heterocycles. The first-order chi connectivity index (χ1) is 10.9. The van der Waals surface area contributed by atoms with Crippen LogP contribution in [0.15, 0.2) is 18.6 Å². The fourth-order valence-corrected chi connectivity index (χ4v) is 4.30. The Kier molecular flexibility index (Phi) is 4.33. The van der Waals surface area contributed by atoms with Crippen LogP contribution in [0.25, 0.3) is 5.52 Å². The van der Waals surface area contributed by atoms with E-state index in [1.165, 1.54) is 0 Å². The van der Waals surface area contributed by atoms with E-state index in [9.17, 15) is 13.2 Å². The number of carbonyl (C=O) groups excluding carboxylic acids is 1. The van der Waals surface area contributed by atoms with Crippen LogP contribution in [0.5, 0.6) is 0 Å². The van der Waals surface area contributed by atoms with Gasteiger partial charge in [-0.1, -0.05) is 18.5 Å². The molecule has 1 fully saturated rings. The standard InChI is InChI=1S/C15H18ClN3O3S/c1-2-3-14(20)11-8-12(16)13-9-17-10-19(13)15(11)18-4-6-23(21,22)7-5-18/h8-10H,2-7H2,1H3. The molecule has 1 aliphatic heterocycles. The Hall–Kier alpha value is -1.60. The number of Topliss-reactive ketones (excluding diaryl/α,β-unsaturated/α-hetero) is 1. The van der Waals surface area contributed by atoms with Crippen LogP contribution in [-0.2, 0) is 9.84 Å². The van der Waals surface area contributed by atoms with Gasteiger partial charge in [0.2, 0.25) is 0 Å². The van der Waals surface area contributed by atoms with E-state index in [2.05, 4.69) is 4.98 Å². The van der Waals surface area contributed by atoms with Crippen LogP contribution in [0.1, 0.15) is 30.1 Å². The van der Waals surface area contributed by atoms with Crippen LogP contribution in [0.4, 0.5) is 5.82 Å². The minimum absolute atomic E-state index is 0.00781. The average molecular weight is 356 g/mol. The number of pyridine rings is 1. The molecule has 0 aliphatic carbocycles. The van der Waals surface area contributed by atoms with Gasteiger partial charge in [0, 0.05) is 19.5 Å². The second-order valence-electron chi connectivity index (χ2n) is 5.69. The van der Waals surface area contributed by atoms with E-state index in [0.29, 0.717) is 41.4 Å². The maximum Gasteiger partial charge on any atom is 0.166 e. The monoisotopic (exact) mass is 355 g/mol. The highest BCUT2D eigenvalue weighted by Crippen LogP contribution is 2.30. The molecule has 0 N–H and O–H groups in total. The minimum atomic E-state index is -2.99. The van der Waals surface area contributed by atoms with Gasteiger partial charge >= 0.3 is 0 Å². The van der Waals surface area contributed by atoms with Gasteiger partial charge in [-0.25, -0.2) is 13.4 Å². The van der Waals surface area contributed by atoms with Crippen molar-refractivity contribution in [1.29, 1.82) is 0 Å². The van der Waals surface area contributed by atoms with Crippen LogP contribution in [0, 0.1) is 0 Å². The van der Waals surface area contributed by atoms with Gasteiger partial charge in [-0.2, -0.15) is 0 Å². The molecule has 23 heavy (non-hydrogen) atoms. The number of hydrogen-bond donors (Lipinski definition) is 0. The lowest BCUT2D eigenvalue weighted by atomic mass is 10.1. The second kappa shape index (κ2) is 6.13. The molecule has 8 heteroatoms. The number of ketones is 1. The van der Waals surface area contributed by atoms with E-state index < -0.39 is 9.84 Å². The first-order valence-electron chi connectivity index (χ1n) is 7.56. The molecule has 6 nitrogen and oxygen atoms in total. The van der Waals surface area contributed by atoms with E-state index >= 15 is 0 Å². The number of halogens is 1. The third-order valence-corrected chi connectivity index (χ3v) is 5.96. The molecule has 1 saturated heterocycles. The number of imidazole rings is 1. The van der Waals surface area contributed by atoms with Crippen LogP contribution >= 0.6 is 11.6 Å². The number of fused-ring (bicyclic) bond motifs is 1. The van der Waals surface area contributed by atoms with Crippen molar-refractivity contribution in [2.24, 2.45) is 0 Å². The SMILES string of the molecule is CCCC(=O)c1cc(Cl)c2cncn2c1N1CCS(=O)(=O)CC1. The number of sulfone groups is 1. The summed E-state index contributed by atoms with van der Waals surface area (Å²) >= 11 is 6.28. The molecule has 2 aromatic rings. The molecule has 3 heterocycles. The highest BCUT2D eigenvalue weighted by atomic mass is 35.5. The summed E-state index contributed by atoms with van der Waals surface area (Å²) < 4.78 is 25.1. The molecule has 0 unspecified atom stereocenters. The average Bonchev–Trinajstić information content (AvgIpc) is 2.98. The molecule has 124 valence electrons. The van der Waals surface area contributed by atoms with Crippen molar-refractivity contribution in [2.75, 3.05) is 29.5 Å². The summed E-state index contributed by atoms with van der Waals surface area (Å²) in [4.78, 5) is 18.6. The lowest BCUT2D eigenvalue weighted by Gasteiger charge is -2.31. The largest absolute Gasteiger partial charge is 0.355 e. The Morgan fingerprint density at radius 2 is 2.04 bits per heavy atom. The van der Waals surface area contributed by atoms with Gasteiger partial charge < -0.3 is 4.90 Å². The Labute approximate surface area is 140 Å². The predicted molar refractivity (Wildman–Crippen MR) is 90.3 cm³/mol. The number of nitrogens with zero attached hydrogens (tertiary/aromatic N) is 3. The van der Waals surface area contributed by atoms with Gasteiger partial charge in [0.1, 0.15) is 12.1 Å². The molecule has 0 bridgehead atoms. The molecular formula is C15H18ClN3O3S. The van der Waals surface area contributed by atoms with Crippen molar-refractivity contribution in [3.63, 3.8) is 0 Å². The summed E-state index contributed by atoms with van der Waals surface area (Å²) in [5, 5.41) is 0.468. The number of carbonyl (C=O) groups is 1. The van der Waals surface area contributed by atoms with Crippen LogP contribution in [-0.4, -0.2) is 48.2 Å². The Morgan fingerprint density at radius 1 is 1.35 bits per heavy atom. The highest BCUT2D eigenvalue weighted by molar-refractivity contribution is 7.91. The summed E-state index contributed by atoms with van der Waals surface area (Å²) in [5.74, 6) is 0.879. The molecule has 0 spiro atoms. The zero-order valence-electron chi connectivity index (χ0n) is 12.8. The number of rotatable bonds is 4. The quantitative estimate of drug-likeness (QED) is 0.786. The molecule has 3 rings (SSSR count). The molecule has 0 saturated carbocycles.